The van der Waals surface area contributed by atoms with Gasteiger partial charge < -0.3 is 20.4 Å². The summed E-state index contributed by atoms with van der Waals surface area (Å²) in [5.74, 6) is -4.32. The van der Waals surface area contributed by atoms with E-state index < -0.39 is 55.3 Å². The number of hydrogen-bond donors (Lipinski definition) is 4. The van der Waals surface area contributed by atoms with E-state index in [2.05, 4.69) is 0 Å². The molecule has 0 spiro atoms. The Labute approximate surface area is 106 Å². The first-order valence-corrected chi connectivity index (χ1v) is 5.12. The Bertz CT molecular complexity index is 431. The Morgan fingerprint density at radius 1 is 1.21 bits per heavy atom. The van der Waals surface area contributed by atoms with E-state index in [1.165, 1.54) is 0 Å². The van der Waals surface area contributed by atoms with Gasteiger partial charge in [0, 0.05) is 0 Å². The van der Waals surface area contributed by atoms with Crippen molar-refractivity contribution in [2.24, 2.45) is 0 Å². The predicted octanol–water partition coefficient (Wildman–Crippen LogP) is -2.42. The molecule has 0 aromatic rings. The lowest BCUT2D eigenvalue weighted by molar-refractivity contribution is -0.145. The lowest BCUT2D eigenvalue weighted by Crippen LogP contribution is -2.57. The molecule has 4 amide bonds. The molecule has 0 aliphatic carbocycles. The SMILES string of the molecule is O=C(O)CC(NC(=O)N1CC(=O)NC(=O)C1)C(=O)O. The average molecular weight is 273 g/mol. The van der Waals surface area contributed by atoms with Crippen LogP contribution in [0.25, 0.3) is 0 Å². The van der Waals surface area contributed by atoms with Crippen LogP contribution < -0.4 is 10.6 Å². The third-order valence-electron chi connectivity index (χ3n) is 2.21. The van der Waals surface area contributed by atoms with Gasteiger partial charge in [-0.1, -0.05) is 0 Å². The first-order valence-electron chi connectivity index (χ1n) is 5.12. The number of carbonyl (C=O) groups excluding carboxylic acids is 3. The van der Waals surface area contributed by atoms with Crippen LogP contribution >= 0.6 is 0 Å². The molecular formula is C9H11N3O7. The van der Waals surface area contributed by atoms with Gasteiger partial charge in [-0.05, 0) is 0 Å². The summed E-state index contributed by atoms with van der Waals surface area (Å²) in [4.78, 5) is 55.6. The maximum Gasteiger partial charge on any atom is 0.326 e. The molecule has 10 nitrogen and oxygen atoms in total. The van der Waals surface area contributed by atoms with Gasteiger partial charge in [-0.15, -0.1) is 0 Å². The highest BCUT2D eigenvalue weighted by Gasteiger charge is 2.30. The number of imide groups is 1. The number of hydrogen-bond acceptors (Lipinski definition) is 5. The van der Waals surface area contributed by atoms with Crippen molar-refractivity contribution in [2.45, 2.75) is 12.5 Å². The number of amides is 4. The third kappa shape index (κ3) is 4.26. The molecule has 1 atom stereocenters. The second-order valence-electron chi connectivity index (χ2n) is 3.77. The fraction of sp³-hybridized carbons (Fsp3) is 0.444. The fourth-order valence-electron chi connectivity index (χ4n) is 1.40. The summed E-state index contributed by atoms with van der Waals surface area (Å²) in [5, 5.41) is 21.1. The normalized spacial score (nSPS) is 16.5. The average Bonchev–Trinajstić information content (AvgIpc) is 2.25. The summed E-state index contributed by atoms with van der Waals surface area (Å²) in [6.07, 6.45) is -0.810. The molecule has 1 heterocycles. The van der Waals surface area contributed by atoms with E-state index in [1.54, 1.807) is 0 Å². The highest BCUT2D eigenvalue weighted by atomic mass is 16.4. The zero-order valence-electron chi connectivity index (χ0n) is 9.58. The van der Waals surface area contributed by atoms with Crippen LogP contribution in [-0.2, 0) is 19.2 Å². The number of nitrogens with one attached hydrogen (secondary N) is 2. The van der Waals surface area contributed by atoms with E-state index in [9.17, 15) is 24.0 Å². The van der Waals surface area contributed by atoms with Crippen LogP contribution in [0.5, 0.6) is 0 Å². The minimum absolute atomic E-state index is 0.406. The van der Waals surface area contributed by atoms with Crippen molar-refractivity contribution in [3.63, 3.8) is 0 Å². The van der Waals surface area contributed by atoms with E-state index in [0.29, 0.717) is 0 Å². The Morgan fingerprint density at radius 3 is 2.16 bits per heavy atom. The molecule has 0 saturated carbocycles. The van der Waals surface area contributed by atoms with Crippen LogP contribution in [0.15, 0.2) is 0 Å². The van der Waals surface area contributed by atoms with Gasteiger partial charge >= 0.3 is 18.0 Å². The van der Waals surface area contributed by atoms with Gasteiger partial charge in [-0.25, -0.2) is 9.59 Å². The van der Waals surface area contributed by atoms with Gasteiger partial charge in [0.15, 0.2) is 0 Å². The van der Waals surface area contributed by atoms with Gasteiger partial charge in [0.2, 0.25) is 11.8 Å². The zero-order chi connectivity index (χ0) is 14.6. The van der Waals surface area contributed by atoms with E-state index in [-0.39, 0.29) is 0 Å². The molecule has 1 fully saturated rings. The topological polar surface area (TPSA) is 153 Å². The maximum atomic E-state index is 11.6. The van der Waals surface area contributed by atoms with Crippen molar-refractivity contribution >= 4 is 29.8 Å². The molecule has 0 radical (unpaired) electrons. The number of rotatable bonds is 4. The van der Waals surface area contributed by atoms with Gasteiger partial charge in [0.1, 0.15) is 19.1 Å². The summed E-state index contributed by atoms with van der Waals surface area (Å²) in [5.41, 5.74) is 0. The van der Waals surface area contributed by atoms with Crippen molar-refractivity contribution in [3.8, 4) is 0 Å². The molecule has 1 unspecified atom stereocenters. The standard InChI is InChI=1S/C9H11N3O7/c13-5-2-12(3-6(14)11-5)9(19)10-4(8(17)18)1-7(15)16/h4H,1-3H2,(H,10,19)(H,15,16)(H,17,18)(H,11,13,14). The van der Waals surface area contributed by atoms with Gasteiger partial charge in [0.25, 0.3) is 0 Å². The number of carboxylic acids is 2. The number of urea groups is 1. The Balaban J connectivity index is 2.66. The van der Waals surface area contributed by atoms with Crippen LogP contribution in [0.1, 0.15) is 6.42 Å². The number of aliphatic carboxylic acids is 2. The van der Waals surface area contributed by atoms with Gasteiger partial charge in [-0.3, -0.25) is 19.7 Å². The Kier molecular flexibility index (Phi) is 4.40. The van der Waals surface area contributed by atoms with E-state index >= 15 is 0 Å². The summed E-state index contributed by atoms with van der Waals surface area (Å²) in [6, 6.07) is -2.62. The number of nitrogens with zero attached hydrogens (tertiary/aromatic N) is 1. The highest BCUT2D eigenvalue weighted by Crippen LogP contribution is 1.99. The highest BCUT2D eigenvalue weighted by molar-refractivity contribution is 6.02. The minimum atomic E-state index is -1.63. The molecule has 0 aromatic heterocycles. The van der Waals surface area contributed by atoms with Gasteiger partial charge in [-0.2, -0.15) is 0 Å². The molecular weight excluding hydrogens is 262 g/mol. The van der Waals surface area contributed by atoms with Crippen LogP contribution in [0, 0.1) is 0 Å². The number of carbonyl (C=O) groups is 5. The molecule has 1 saturated heterocycles. The summed E-state index contributed by atoms with van der Waals surface area (Å²) in [7, 11) is 0. The van der Waals surface area contributed by atoms with E-state index in [0.717, 1.165) is 4.90 Å². The molecule has 0 aromatic carbocycles. The molecule has 1 rings (SSSR count). The second-order valence-corrected chi connectivity index (χ2v) is 3.77. The first kappa shape index (κ1) is 14.4. The first-order chi connectivity index (χ1) is 8.79. The van der Waals surface area contributed by atoms with E-state index in [1.807, 2.05) is 10.6 Å². The Hall–Kier alpha value is -2.65. The number of carboxylic acid groups (broad SMARTS) is 2. The minimum Gasteiger partial charge on any atom is -0.481 e. The molecule has 19 heavy (non-hydrogen) atoms. The molecule has 1 aliphatic heterocycles. The molecule has 4 N–H and O–H groups in total. The summed E-state index contributed by atoms with van der Waals surface area (Å²) >= 11 is 0. The van der Waals surface area contributed by atoms with Crippen LogP contribution in [0.2, 0.25) is 0 Å². The molecule has 0 bridgehead atoms. The second kappa shape index (κ2) is 5.80. The summed E-state index contributed by atoms with van der Waals surface area (Å²) < 4.78 is 0. The lowest BCUT2D eigenvalue weighted by atomic mass is 10.2. The molecule has 10 heteroatoms. The quantitative estimate of drug-likeness (QED) is 0.416. The monoisotopic (exact) mass is 273 g/mol. The zero-order valence-corrected chi connectivity index (χ0v) is 9.58. The van der Waals surface area contributed by atoms with Crippen molar-refractivity contribution < 1.29 is 34.2 Å². The third-order valence-corrected chi connectivity index (χ3v) is 2.21. The number of piperazine rings is 1. The molecule has 1 aliphatic rings. The molecule has 104 valence electrons. The van der Waals surface area contributed by atoms with Crippen LogP contribution in [0.4, 0.5) is 4.79 Å². The Morgan fingerprint density at radius 2 is 1.74 bits per heavy atom. The van der Waals surface area contributed by atoms with Crippen molar-refractivity contribution in [1.82, 2.24) is 15.5 Å². The maximum absolute atomic E-state index is 11.6. The fourth-order valence-corrected chi connectivity index (χ4v) is 1.40. The lowest BCUT2D eigenvalue weighted by Gasteiger charge is -2.26. The van der Waals surface area contributed by atoms with Crippen molar-refractivity contribution in [3.05, 3.63) is 0 Å². The van der Waals surface area contributed by atoms with Gasteiger partial charge in [0.05, 0.1) is 6.42 Å². The smallest absolute Gasteiger partial charge is 0.326 e. The largest absolute Gasteiger partial charge is 0.481 e. The van der Waals surface area contributed by atoms with Crippen molar-refractivity contribution in [2.75, 3.05) is 13.1 Å². The van der Waals surface area contributed by atoms with E-state index in [4.69, 9.17) is 10.2 Å². The van der Waals surface area contributed by atoms with Crippen LogP contribution in [0.3, 0.4) is 0 Å². The summed E-state index contributed by atoms with van der Waals surface area (Å²) in [6.45, 7) is -0.812. The van der Waals surface area contributed by atoms with Crippen LogP contribution in [-0.4, -0.2) is 64.0 Å². The predicted molar refractivity (Wildman–Crippen MR) is 56.9 cm³/mol. The van der Waals surface area contributed by atoms with Crippen molar-refractivity contribution in [1.29, 1.82) is 0 Å².